The van der Waals surface area contributed by atoms with E-state index in [-0.39, 0.29) is 5.41 Å². The summed E-state index contributed by atoms with van der Waals surface area (Å²) in [5.74, 6) is 0.827. The highest BCUT2D eigenvalue weighted by molar-refractivity contribution is 6.10. The van der Waals surface area contributed by atoms with Crippen molar-refractivity contribution < 1.29 is 0 Å². The van der Waals surface area contributed by atoms with Gasteiger partial charge in [0.25, 0.3) is 0 Å². The van der Waals surface area contributed by atoms with Crippen molar-refractivity contribution in [1.82, 2.24) is 4.57 Å². The predicted octanol–water partition coefficient (Wildman–Crippen LogP) is 17.5. The summed E-state index contributed by atoms with van der Waals surface area (Å²) in [6, 6.07) is 81.2. The van der Waals surface area contributed by atoms with Gasteiger partial charge in [0.1, 0.15) is 0 Å². The molecule has 0 fully saturated rings. The molecule has 0 saturated carbocycles. The number of nitrogens with zero attached hydrogens (tertiary/aromatic N) is 1. The molecule has 2 atom stereocenters. The smallest absolute Gasteiger partial charge is 0.0541 e. The predicted molar refractivity (Wildman–Crippen MR) is 284 cm³/mol. The van der Waals surface area contributed by atoms with Crippen LogP contribution in [0.25, 0.3) is 77.6 Å². The SMILES string of the molecule is CC1(C)c2ccccc2-c2cc(-n3c4ccccc4c4cc(-c5cccc(-c6cccc(CCC(c7ccc(-c8ccccc8)cc7)C7C=CC(c8ccccc8)=CC7)c6)c5)ccc43)ccc21. The third kappa shape index (κ3) is 7.46. The Morgan fingerprint density at radius 3 is 1.87 bits per heavy atom. The lowest BCUT2D eigenvalue weighted by Gasteiger charge is -2.27. The number of hydrogen-bond donors (Lipinski definition) is 0. The van der Waals surface area contributed by atoms with Crippen molar-refractivity contribution in [3.8, 4) is 50.2 Å². The molecule has 0 radical (unpaired) electrons. The zero-order chi connectivity index (χ0) is 44.9. The van der Waals surface area contributed by atoms with E-state index in [1.807, 2.05) is 0 Å². The molecule has 1 aromatic heterocycles. The third-order valence-electron chi connectivity index (χ3n) is 14.9. The summed E-state index contributed by atoms with van der Waals surface area (Å²) in [5, 5.41) is 2.54. The van der Waals surface area contributed by atoms with Gasteiger partial charge in [0.05, 0.1) is 11.0 Å². The van der Waals surface area contributed by atoms with Gasteiger partial charge in [-0.1, -0.05) is 214 Å². The lowest BCUT2D eigenvalue weighted by Crippen LogP contribution is -2.14. The van der Waals surface area contributed by atoms with Crippen LogP contribution in [0.1, 0.15) is 60.4 Å². The Morgan fingerprint density at radius 2 is 1.09 bits per heavy atom. The Hall–Kier alpha value is -7.74. The molecule has 0 aliphatic heterocycles. The molecule has 322 valence electrons. The van der Waals surface area contributed by atoms with Crippen LogP contribution in [0.4, 0.5) is 0 Å². The van der Waals surface area contributed by atoms with Gasteiger partial charge >= 0.3 is 0 Å². The fourth-order valence-corrected chi connectivity index (χ4v) is 11.3. The minimum absolute atomic E-state index is 0.0196. The van der Waals surface area contributed by atoms with Gasteiger partial charge in [-0.05, 0) is 145 Å². The normalized spacial score (nSPS) is 15.3. The van der Waals surface area contributed by atoms with Gasteiger partial charge in [-0.15, -0.1) is 0 Å². The molecule has 0 amide bonds. The second kappa shape index (κ2) is 16.9. The molecule has 2 aliphatic rings. The van der Waals surface area contributed by atoms with E-state index in [0.29, 0.717) is 11.8 Å². The number of aromatic nitrogens is 1. The van der Waals surface area contributed by atoms with Crippen molar-refractivity contribution in [2.45, 2.75) is 44.4 Å². The van der Waals surface area contributed by atoms with Crippen molar-refractivity contribution in [2.24, 2.45) is 5.92 Å². The van der Waals surface area contributed by atoms with Crippen molar-refractivity contribution in [3.05, 3.63) is 264 Å². The van der Waals surface area contributed by atoms with Gasteiger partial charge in [-0.3, -0.25) is 0 Å². The number of benzene rings is 9. The highest BCUT2D eigenvalue weighted by atomic mass is 15.0. The molecule has 1 heterocycles. The van der Waals surface area contributed by atoms with Crippen molar-refractivity contribution in [3.63, 3.8) is 0 Å². The summed E-state index contributed by atoms with van der Waals surface area (Å²) in [5.41, 5.74) is 22.0. The summed E-state index contributed by atoms with van der Waals surface area (Å²) in [4.78, 5) is 0. The molecule has 0 saturated heterocycles. The van der Waals surface area contributed by atoms with Crippen LogP contribution in [-0.4, -0.2) is 4.57 Å². The summed E-state index contributed by atoms with van der Waals surface area (Å²) >= 11 is 0. The summed E-state index contributed by atoms with van der Waals surface area (Å²) in [7, 11) is 0. The van der Waals surface area contributed by atoms with E-state index in [4.69, 9.17) is 0 Å². The molecule has 9 aromatic carbocycles. The van der Waals surface area contributed by atoms with Crippen molar-refractivity contribution >= 4 is 27.4 Å². The number of aryl methyl sites for hydroxylation is 1. The van der Waals surface area contributed by atoms with Crippen molar-refractivity contribution in [1.29, 1.82) is 0 Å². The van der Waals surface area contributed by atoms with Gasteiger partial charge in [0, 0.05) is 21.9 Å². The molecule has 1 nitrogen and oxygen atoms in total. The Balaban J connectivity index is 0.830. The number of para-hydroxylation sites is 1. The molecule has 0 bridgehead atoms. The van der Waals surface area contributed by atoms with Crippen molar-refractivity contribution in [2.75, 3.05) is 0 Å². The first-order valence-electron chi connectivity index (χ1n) is 24.0. The quantitative estimate of drug-likeness (QED) is 0.129. The van der Waals surface area contributed by atoms with E-state index in [1.54, 1.807) is 0 Å². The fourth-order valence-electron chi connectivity index (χ4n) is 11.3. The molecule has 0 N–H and O–H groups in total. The Labute approximate surface area is 395 Å². The third-order valence-corrected chi connectivity index (χ3v) is 14.9. The first-order chi connectivity index (χ1) is 33.0. The largest absolute Gasteiger partial charge is 0.309 e. The molecule has 67 heavy (non-hydrogen) atoms. The number of hydrogen-bond acceptors (Lipinski definition) is 0. The van der Waals surface area contributed by atoms with Crippen LogP contribution < -0.4 is 0 Å². The monoisotopic (exact) mass is 859 g/mol. The minimum Gasteiger partial charge on any atom is -0.309 e. The van der Waals surface area contributed by atoms with Gasteiger partial charge < -0.3 is 4.57 Å². The Kier molecular flexibility index (Phi) is 10.3. The Bertz CT molecular complexity index is 3510. The first kappa shape index (κ1) is 40.7. The molecule has 2 unspecified atom stereocenters. The highest BCUT2D eigenvalue weighted by Gasteiger charge is 2.35. The molecule has 0 spiro atoms. The molecular formula is C66H53N. The maximum Gasteiger partial charge on any atom is 0.0541 e. The van der Waals surface area contributed by atoms with Gasteiger partial charge in [-0.25, -0.2) is 0 Å². The highest BCUT2D eigenvalue weighted by Crippen LogP contribution is 2.49. The van der Waals surface area contributed by atoms with Crippen LogP contribution in [-0.2, 0) is 11.8 Å². The zero-order valence-corrected chi connectivity index (χ0v) is 38.2. The first-order valence-corrected chi connectivity index (χ1v) is 24.0. The average molecular weight is 860 g/mol. The summed E-state index contributed by atoms with van der Waals surface area (Å²) in [6.07, 6.45) is 10.4. The van der Waals surface area contributed by atoms with Crippen LogP contribution in [0, 0.1) is 5.92 Å². The summed E-state index contributed by atoms with van der Waals surface area (Å²) < 4.78 is 2.46. The summed E-state index contributed by atoms with van der Waals surface area (Å²) in [6.45, 7) is 4.70. The maximum atomic E-state index is 2.47. The zero-order valence-electron chi connectivity index (χ0n) is 38.2. The standard InChI is InChI=1S/C66H53N/c1-66(2)62-25-11-9-23-58(62)60-44-56(37-39-63(60)66)67-64-26-12-10-24-59(64)61-43-55(36-40-65(61)67)54-22-14-21-53(42-54)52-20-13-15-45(41-52)27-38-57(50-32-28-48(29-33-50)46-16-5-3-6-17-46)51-34-30-49(31-35-51)47-18-7-4-8-19-47/h3-26,28-34,36-37,39-44,51,57H,27,35,38H2,1-2H3. The second-order valence-electron chi connectivity index (χ2n) is 19.2. The van der Waals surface area contributed by atoms with Gasteiger partial charge in [0.15, 0.2) is 0 Å². The molecule has 10 aromatic rings. The average Bonchev–Trinajstić information content (AvgIpc) is 3.84. The van der Waals surface area contributed by atoms with Gasteiger partial charge in [0.2, 0.25) is 0 Å². The minimum atomic E-state index is -0.0196. The van der Waals surface area contributed by atoms with E-state index in [9.17, 15) is 0 Å². The van der Waals surface area contributed by atoms with Crippen LogP contribution >= 0.6 is 0 Å². The van der Waals surface area contributed by atoms with Crippen LogP contribution in [0.3, 0.4) is 0 Å². The fraction of sp³-hybridized carbons (Fsp3) is 0.121. The second-order valence-corrected chi connectivity index (χ2v) is 19.2. The van der Waals surface area contributed by atoms with E-state index in [2.05, 4.69) is 255 Å². The lowest BCUT2D eigenvalue weighted by molar-refractivity contribution is 0.478. The number of fused-ring (bicyclic) bond motifs is 6. The number of rotatable bonds is 10. The molecule has 12 rings (SSSR count). The topological polar surface area (TPSA) is 4.93 Å². The van der Waals surface area contributed by atoms with Crippen LogP contribution in [0.2, 0.25) is 0 Å². The van der Waals surface area contributed by atoms with E-state index in [0.717, 1.165) is 19.3 Å². The molecule has 2 aliphatic carbocycles. The molecular weight excluding hydrogens is 807 g/mol. The van der Waals surface area contributed by atoms with Crippen LogP contribution in [0.15, 0.2) is 237 Å². The Morgan fingerprint density at radius 1 is 0.478 bits per heavy atom. The van der Waals surface area contributed by atoms with Gasteiger partial charge in [-0.2, -0.15) is 0 Å². The lowest BCUT2D eigenvalue weighted by atomic mass is 9.77. The number of allylic oxidation sites excluding steroid dienone is 4. The maximum absolute atomic E-state index is 2.47. The van der Waals surface area contributed by atoms with E-state index >= 15 is 0 Å². The van der Waals surface area contributed by atoms with Crippen LogP contribution in [0.5, 0.6) is 0 Å². The molecule has 1 heteroatoms. The van der Waals surface area contributed by atoms with E-state index in [1.165, 1.54) is 105 Å². The van der Waals surface area contributed by atoms with E-state index < -0.39 is 0 Å².